The Morgan fingerprint density at radius 1 is 1.14 bits per heavy atom. The predicted molar refractivity (Wildman–Crippen MR) is 83.7 cm³/mol. The van der Waals surface area contributed by atoms with Crippen LogP contribution in [0.5, 0.6) is 0 Å². The predicted octanol–water partition coefficient (Wildman–Crippen LogP) is 1.67. The molecule has 0 radical (unpaired) electrons. The maximum absolute atomic E-state index is 12.4. The molecule has 22 heavy (non-hydrogen) atoms. The summed E-state index contributed by atoms with van der Waals surface area (Å²) in [6.07, 6.45) is 3.95. The summed E-state index contributed by atoms with van der Waals surface area (Å²) < 4.78 is 3.35. The fourth-order valence-electron chi connectivity index (χ4n) is 3.27. The molecule has 2 heterocycles. The Kier molecular flexibility index (Phi) is 3.65. The Morgan fingerprint density at radius 3 is 2.23 bits per heavy atom. The lowest BCUT2D eigenvalue weighted by Gasteiger charge is -2.35. The number of nitrogens with zero attached hydrogens (tertiary/aromatic N) is 4. The average Bonchev–Trinajstić information content (AvgIpc) is 3.25. The first kappa shape index (κ1) is 15.3. The molecule has 0 unspecified atom stereocenters. The number of amides is 1. The van der Waals surface area contributed by atoms with E-state index in [0.29, 0.717) is 12.0 Å². The molecule has 122 valence electrons. The Morgan fingerprint density at radius 2 is 1.73 bits per heavy atom. The Bertz CT molecular complexity index is 626. The summed E-state index contributed by atoms with van der Waals surface area (Å²) in [7, 11) is 1.73. The first-order valence-electron chi connectivity index (χ1n) is 8.24. The van der Waals surface area contributed by atoms with Crippen LogP contribution in [0.15, 0.2) is 4.79 Å². The van der Waals surface area contributed by atoms with E-state index in [1.807, 2.05) is 30.2 Å². The van der Waals surface area contributed by atoms with E-state index in [1.54, 1.807) is 7.05 Å². The topological polar surface area (TPSA) is 60.1 Å². The van der Waals surface area contributed by atoms with Crippen molar-refractivity contribution in [3.63, 3.8) is 0 Å². The van der Waals surface area contributed by atoms with E-state index in [0.717, 1.165) is 44.6 Å². The number of carbonyl (C=O) groups excluding carboxylic acids is 1. The highest BCUT2D eigenvalue weighted by molar-refractivity contribution is 5.81. The van der Waals surface area contributed by atoms with Crippen LogP contribution in [0.2, 0.25) is 0 Å². The summed E-state index contributed by atoms with van der Waals surface area (Å²) in [6.45, 7) is 7.41. The minimum atomic E-state index is -0.325. The molecule has 1 aromatic rings. The molecular weight excluding hydrogens is 280 g/mol. The molecule has 2 fully saturated rings. The molecule has 6 nitrogen and oxygen atoms in total. The van der Waals surface area contributed by atoms with Crippen molar-refractivity contribution in [2.45, 2.75) is 58.4 Å². The van der Waals surface area contributed by atoms with E-state index < -0.39 is 0 Å². The number of aryl methyl sites for hydroxylation is 1. The van der Waals surface area contributed by atoms with E-state index >= 15 is 0 Å². The van der Waals surface area contributed by atoms with Gasteiger partial charge in [-0.05, 0) is 25.7 Å². The van der Waals surface area contributed by atoms with Crippen molar-refractivity contribution in [1.82, 2.24) is 19.2 Å². The fourth-order valence-corrected chi connectivity index (χ4v) is 3.27. The Hall–Kier alpha value is -1.59. The summed E-state index contributed by atoms with van der Waals surface area (Å²) >= 11 is 0. The second-order valence-corrected chi connectivity index (χ2v) is 7.68. The van der Waals surface area contributed by atoms with Crippen molar-refractivity contribution in [1.29, 1.82) is 0 Å². The second-order valence-electron chi connectivity index (χ2n) is 7.68. The van der Waals surface area contributed by atoms with Gasteiger partial charge in [-0.25, -0.2) is 9.48 Å². The van der Waals surface area contributed by atoms with Gasteiger partial charge in [-0.2, -0.15) is 5.10 Å². The van der Waals surface area contributed by atoms with Crippen molar-refractivity contribution >= 4 is 5.91 Å². The lowest BCUT2D eigenvalue weighted by atomic mass is 9.90. The molecule has 6 heteroatoms. The molecule has 0 aromatic carbocycles. The number of carbonyl (C=O) groups is 1. The number of likely N-dealkylation sites (tertiary alicyclic amines) is 1. The van der Waals surface area contributed by atoms with E-state index in [4.69, 9.17) is 0 Å². The van der Waals surface area contributed by atoms with Crippen LogP contribution in [0.25, 0.3) is 0 Å². The molecular formula is C16H26N4O2. The second kappa shape index (κ2) is 5.25. The number of hydrogen-bond acceptors (Lipinski definition) is 3. The number of piperidine rings is 1. The van der Waals surface area contributed by atoms with Crippen LogP contribution in [-0.2, 0) is 11.8 Å². The van der Waals surface area contributed by atoms with Gasteiger partial charge < -0.3 is 4.90 Å². The molecule has 1 aliphatic carbocycles. The largest absolute Gasteiger partial charge is 0.345 e. The molecule has 1 saturated carbocycles. The Balaban J connectivity index is 1.74. The Labute approximate surface area is 131 Å². The van der Waals surface area contributed by atoms with Crippen molar-refractivity contribution in [3.05, 3.63) is 16.3 Å². The van der Waals surface area contributed by atoms with Gasteiger partial charge in [0.1, 0.15) is 5.82 Å². The molecule has 0 bridgehead atoms. The van der Waals surface area contributed by atoms with E-state index in [9.17, 15) is 9.59 Å². The minimum absolute atomic E-state index is 0.00528. The van der Waals surface area contributed by atoms with Crippen molar-refractivity contribution in [2.75, 3.05) is 13.1 Å². The van der Waals surface area contributed by atoms with Gasteiger partial charge in [-0.1, -0.05) is 20.8 Å². The average molecular weight is 306 g/mol. The zero-order chi connectivity index (χ0) is 16.1. The van der Waals surface area contributed by atoms with E-state index in [1.165, 1.54) is 4.68 Å². The highest BCUT2D eigenvalue weighted by Gasteiger charge is 2.35. The zero-order valence-electron chi connectivity index (χ0n) is 14.0. The van der Waals surface area contributed by atoms with Gasteiger partial charge >= 0.3 is 5.69 Å². The van der Waals surface area contributed by atoms with Crippen LogP contribution in [0.3, 0.4) is 0 Å². The monoisotopic (exact) mass is 306 g/mol. The smallest absolute Gasteiger partial charge is 0.342 e. The lowest BCUT2D eigenvalue weighted by molar-refractivity contribution is -0.140. The minimum Gasteiger partial charge on any atom is -0.342 e. The third kappa shape index (κ3) is 2.71. The summed E-state index contributed by atoms with van der Waals surface area (Å²) in [5.41, 5.74) is -0.320. The van der Waals surface area contributed by atoms with Gasteiger partial charge in [0, 0.05) is 37.5 Å². The van der Waals surface area contributed by atoms with Crippen molar-refractivity contribution in [2.24, 2.45) is 12.5 Å². The van der Waals surface area contributed by atoms with Gasteiger partial charge in [0.05, 0.1) is 0 Å². The van der Waals surface area contributed by atoms with E-state index in [-0.39, 0.29) is 17.0 Å². The molecule has 1 saturated heterocycles. The maximum atomic E-state index is 12.4. The summed E-state index contributed by atoms with van der Waals surface area (Å²) in [4.78, 5) is 26.5. The molecule has 3 rings (SSSR count). The van der Waals surface area contributed by atoms with Gasteiger partial charge in [0.25, 0.3) is 0 Å². The lowest BCUT2D eigenvalue weighted by Crippen LogP contribution is -2.44. The van der Waals surface area contributed by atoms with Crippen LogP contribution in [0, 0.1) is 5.41 Å². The SMILES string of the molecule is Cn1nc(C2CCN(C(=O)C(C)(C)C)CC2)n(C2CC2)c1=O. The van der Waals surface area contributed by atoms with Crippen LogP contribution in [0.1, 0.15) is 64.2 Å². The van der Waals surface area contributed by atoms with Crippen molar-refractivity contribution in [3.8, 4) is 0 Å². The standard InChI is InChI=1S/C16H26N4O2/c1-16(2,3)14(21)19-9-7-11(8-10-19)13-17-18(4)15(22)20(13)12-5-6-12/h11-12H,5-10H2,1-4H3. The normalized spacial score (nSPS) is 20.5. The molecule has 1 amide bonds. The van der Waals surface area contributed by atoms with Crippen LogP contribution < -0.4 is 5.69 Å². The summed E-state index contributed by atoms with van der Waals surface area (Å²) in [5, 5.41) is 4.48. The van der Waals surface area contributed by atoms with Gasteiger partial charge in [0.15, 0.2) is 0 Å². The highest BCUT2D eigenvalue weighted by atomic mass is 16.2. The number of aromatic nitrogens is 3. The van der Waals surface area contributed by atoms with E-state index in [2.05, 4.69) is 5.10 Å². The molecule has 0 N–H and O–H groups in total. The number of hydrogen-bond donors (Lipinski definition) is 0. The maximum Gasteiger partial charge on any atom is 0.345 e. The van der Waals surface area contributed by atoms with Crippen LogP contribution in [0.4, 0.5) is 0 Å². The quantitative estimate of drug-likeness (QED) is 0.835. The third-order valence-corrected chi connectivity index (χ3v) is 4.68. The van der Waals surface area contributed by atoms with Crippen LogP contribution in [-0.4, -0.2) is 38.2 Å². The molecule has 0 spiro atoms. The number of rotatable bonds is 2. The third-order valence-electron chi connectivity index (χ3n) is 4.68. The highest BCUT2D eigenvalue weighted by Crippen LogP contribution is 2.37. The summed E-state index contributed by atoms with van der Waals surface area (Å²) in [5.74, 6) is 1.43. The van der Waals surface area contributed by atoms with Gasteiger partial charge in [-0.15, -0.1) is 0 Å². The van der Waals surface area contributed by atoms with Crippen LogP contribution >= 0.6 is 0 Å². The van der Waals surface area contributed by atoms with Crippen molar-refractivity contribution < 1.29 is 4.79 Å². The zero-order valence-corrected chi connectivity index (χ0v) is 14.0. The molecule has 1 aromatic heterocycles. The summed E-state index contributed by atoms with van der Waals surface area (Å²) in [6, 6.07) is 0.352. The molecule has 0 atom stereocenters. The first-order chi connectivity index (χ1) is 10.3. The molecule has 2 aliphatic rings. The first-order valence-corrected chi connectivity index (χ1v) is 8.24. The fraction of sp³-hybridized carbons (Fsp3) is 0.812. The molecule has 1 aliphatic heterocycles. The van der Waals surface area contributed by atoms with Gasteiger partial charge in [0.2, 0.25) is 5.91 Å². The van der Waals surface area contributed by atoms with Gasteiger partial charge in [-0.3, -0.25) is 9.36 Å².